The fourth-order valence-corrected chi connectivity index (χ4v) is 2.08. The van der Waals surface area contributed by atoms with Crippen LogP contribution in [0.25, 0.3) is 0 Å². The zero-order chi connectivity index (χ0) is 13.5. The summed E-state index contributed by atoms with van der Waals surface area (Å²) >= 11 is 11.9. The molecule has 0 fully saturated rings. The molecular formula is C13H17Cl2NO2. The second-order valence-electron chi connectivity index (χ2n) is 4.15. The first-order chi connectivity index (χ1) is 8.52. The maximum atomic E-state index is 11.0. The van der Waals surface area contributed by atoms with Gasteiger partial charge in [0.05, 0.1) is 7.11 Å². The van der Waals surface area contributed by atoms with Gasteiger partial charge in [0.2, 0.25) is 0 Å². The van der Waals surface area contributed by atoms with E-state index >= 15 is 0 Å². The molecule has 0 saturated heterocycles. The van der Waals surface area contributed by atoms with Crippen LogP contribution in [0.2, 0.25) is 10.0 Å². The van der Waals surface area contributed by atoms with Crippen LogP contribution in [0, 0.1) is 0 Å². The van der Waals surface area contributed by atoms with Crippen LogP contribution >= 0.6 is 23.2 Å². The van der Waals surface area contributed by atoms with Crippen LogP contribution in [-0.2, 0) is 16.1 Å². The molecule has 1 aromatic carbocycles. The number of carbonyl (C=O) groups excluding carboxylic acids is 1. The molecule has 0 spiro atoms. The summed E-state index contributed by atoms with van der Waals surface area (Å²) in [4.78, 5) is 13.1. The van der Waals surface area contributed by atoms with Gasteiger partial charge in [-0.15, -0.1) is 0 Å². The van der Waals surface area contributed by atoms with E-state index in [0.29, 0.717) is 16.5 Å². The topological polar surface area (TPSA) is 29.5 Å². The Labute approximate surface area is 118 Å². The van der Waals surface area contributed by atoms with Gasteiger partial charge in [-0.2, -0.15) is 0 Å². The van der Waals surface area contributed by atoms with E-state index in [1.165, 1.54) is 7.11 Å². The Bertz CT molecular complexity index is 410. The van der Waals surface area contributed by atoms with Crippen molar-refractivity contribution >= 4 is 29.2 Å². The first-order valence-corrected chi connectivity index (χ1v) is 6.48. The summed E-state index contributed by atoms with van der Waals surface area (Å²) < 4.78 is 4.59. The second kappa shape index (κ2) is 7.62. The van der Waals surface area contributed by atoms with Crippen molar-refractivity contribution < 1.29 is 9.53 Å². The highest BCUT2D eigenvalue weighted by Gasteiger charge is 2.06. The molecule has 0 heterocycles. The first-order valence-electron chi connectivity index (χ1n) is 5.72. The van der Waals surface area contributed by atoms with Gasteiger partial charge in [0, 0.05) is 23.0 Å². The molecule has 0 amide bonds. The number of halogens is 2. The number of rotatable bonds is 6. The molecule has 5 heteroatoms. The third-order valence-corrected chi connectivity index (χ3v) is 3.19. The predicted molar refractivity (Wildman–Crippen MR) is 74.0 cm³/mol. The van der Waals surface area contributed by atoms with Gasteiger partial charge >= 0.3 is 5.97 Å². The number of hydrogen-bond acceptors (Lipinski definition) is 3. The quantitative estimate of drug-likeness (QED) is 0.752. The van der Waals surface area contributed by atoms with Crippen LogP contribution in [0.5, 0.6) is 0 Å². The molecule has 1 rings (SSSR count). The molecule has 0 radical (unpaired) electrons. The summed E-state index contributed by atoms with van der Waals surface area (Å²) in [7, 11) is 3.39. The number of esters is 1. The van der Waals surface area contributed by atoms with E-state index in [0.717, 1.165) is 25.1 Å². The van der Waals surface area contributed by atoms with Crippen molar-refractivity contribution in [2.75, 3.05) is 20.7 Å². The average Bonchev–Trinajstić information content (AvgIpc) is 2.32. The van der Waals surface area contributed by atoms with Crippen LogP contribution in [0.3, 0.4) is 0 Å². The lowest BCUT2D eigenvalue weighted by molar-refractivity contribution is -0.140. The van der Waals surface area contributed by atoms with Crippen LogP contribution in [0.4, 0.5) is 0 Å². The Kier molecular flexibility index (Phi) is 6.47. The number of ether oxygens (including phenoxy) is 1. The van der Waals surface area contributed by atoms with Crippen LogP contribution in [-0.4, -0.2) is 31.6 Å². The second-order valence-corrected chi connectivity index (χ2v) is 5.00. The van der Waals surface area contributed by atoms with Crippen LogP contribution in [0.15, 0.2) is 18.2 Å². The van der Waals surface area contributed by atoms with Gasteiger partial charge < -0.3 is 9.64 Å². The molecule has 18 heavy (non-hydrogen) atoms. The molecule has 0 aliphatic carbocycles. The van der Waals surface area contributed by atoms with Crippen molar-refractivity contribution in [2.45, 2.75) is 19.4 Å². The molecule has 0 aliphatic rings. The zero-order valence-electron chi connectivity index (χ0n) is 10.6. The van der Waals surface area contributed by atoms with Gasteiger partial charge in [-0.1, -0.05) is 29.3 Å². The first kappa shape index (κ1) is 15.3. The molecule has 0 bridgehead atoms. The molecular weight excluding hydrogens is 273 g/mol. The van der Waals surface area contributed by atoms with Crippen LogP contribution < -0.4 is 0 Å². The average molecular weight is 290 g/mol. The molecule has 0 saturated carbocycles. The summed E-state index contributed by atoms with van der Waals surface area (Å²) in [5, 5.41) is 1.31. The van der Waals surface area contributed by atoms with E-state index in [2.05, 4.69) is 9.64 Å². The minimum absolute atomic E-state index is 0.173. The van der Waals surface area contributed by atoms with Crippen LogP contribution in [0.1, 0.15) is 18.4 Å². The molecule has 0 aliphatic heterocycles. The fraction of sp³-hybridized carbons (Fsp3) is 0.462. The molecule has 3 nitrogen and oxygen atoms in total. The maximum Gasteiger partial charge on any atom is 0.305 e. The van der Waals surface area contributed by atoms with E-state index in [9.17, 15) is 4.79 Å². The lowest BCUT2D eigenvalue weighted by Crippen LogP contribution is -2.20. The van der Waals surface area contributed by atoms with Gasteiger partial charge in [-0.25, -0.2) is 0 Å². The van der Waals surface area contributed by atoms with Crippen molar-refractivity contribution in [3.05, 3.63) is 33.8 Å². The van der Waals surface area contributed by atoms with Gasteiger partial charge in [0.1, 0.15) is 0 Å². The van der Waals surface area contributed by atoms with E-state index in [-0.39, 0.29) is 5.97 Å². The monoisotopic (exact) mass is 289 g/mol. The van der Waals surface area contributed by atoms with Gasteiger partial charge in [-0.05, 0) is 37.7 Å². The molecule has 0 atom stereocenters. The van der Waals surface area contributed by atoms with Crippen molar-refractivity contribution in [3.63, 3.8) is 0 Å². The Hall–Kier alpha value is -0.770. The fourth-order valence-electron chi connectivity index (χ4n) is 1.62. The van der Waals surface area contributed by atoms with E-state index in [1.807, 2.05) is 19.2 Å². The molecule has 0 unspecified atom stereocenters. The lowest BCUT2D eigenvalue weighted by atomic mass is 10.2. The van der Waals surface area contributed by atoms with E-state index in [1.54, 1.807) is 6.07 Å². The lowest BCUT2D eigenvalue weighted by Gasteiger charge is -2.17. The van der Waals surface area contributed by atoms with Gasteiger partial charge in [0.25, 0.3) is 0 Å². The number of benzene rings is 1. The number of methoxy groups -OCH3 is 1. The van der Waals surface area contributed by atoms with Crippen molar-refractivity contribution in [3.8, 4) is 0 Å². The maximum absolute atomic E-state index is 11.0. The normalized spacial score (nSPS) is 10.7. The Balaban J connectivity index is 2.39. The summed E-state index contributed by atoms with van der Waals surface area (Å²) in [6, 6.07) is 5.48. The van der Waals surface area contributed by atoms with E-state index in [4.69, 9.17) is 23.2 Å². The SMILES string of the molecule is COC(=O)CCCN(C)Cc1ccc(Cl)cc1Cl. The van der Waals surface area contributed by atoms with Gasteiger partial charge in [-0.3, -0.25) is 4.79 Å². The van der Waals surface area contributed by atoms with E-state index < -0.39 is 0 Å². The Morgan fingerprint density at radius 1 is 1.39 bits per heavy atom. The minimum atomic E-state index is -0.173. The van der Waals surface area contributed by atoms with Gasteiger partial charge in [0.15, 0.2) is 0 Å². The highest BCUT2D eigenvalue weighted by molar-refractivity contribution is 6.35. The molecule has 0 N–H and O–H groups in total. The Morgan fingerprint density at radius 2 is 2.11 bits per heavy atom. The summed E-state index contributed by atoms with van der Waals surface area (Å²) in [6.07, 6.45) is 1.21. The summed E-state index contributed by atoms with van der Waals surface area (Å²) in [6.45, 7) is 1.55. The number of nitrogens with zero attached hydrogens (tertiary/aromatic N) is 1. The number of hydrogen-bond donors (Lipinski definition) is 0. The predicted octanol–water partition coefficient (Wildman–Crippen LogP) is 3.38. The third kappa shape index (κ3) is 5.25. The molecule has 1 aromatic rings. The minimum Gasteiger partial charge on any atom is -0.469 e. The standard InChI is InChI=1S/C13H17Cl2NO2/c1-16(7-3-4-13(17)18-2)9-10-5-6-11(14)8-12(10)15/h5-6,8H,3-4,7,9H2,1-2H3. The summed E-state index contributed by atoms with van der Waals surface area (Å²) in [5.74, 6) is -0.173. The largest absolute Gasteiger partial charge is 0.469 e. The zero-order valence-corrected chi connectivity index (χ0v) is 12.1. The Morgan fingerprint density at radius 3 is 2.72 bits per heavy atom. The third-order valence-electron chi connectivity index (χ3n) is 2.60. The summed E-state index contributed by atoms with van der Waals surface area (Å²) in [5.41, 5.74) is 1.03. The molecule has 0 aromatic heterocycles. The number of carbonyl (C=O) groups is 1. The molecule has 100 valence electrons. The smallest absolute Gasteiger partial charge is 0.305 e. The van der Waals surface area contributed by atoms with Crippen molar-refractivity contribution in [1.29, 1.82) is 0 Å². The van der Waals surface area contributed by atoms with Crippen molar-refractivity contribution in [1.82, 2.24) is 4.90 Å². The van der Waals surface area contributed by atoms with Crippen molar-refractivity contribution in [2.24, 2.45) is 0 Å². The highest BCUT2D eigenvalue weighted by Crippen LogP contribution is 2.21. The highest BCUT2D eigenvalue weighted by atomic mass is 35.5.